The largest absolute Gasteiger partial charge is 0.346 e. The van der Waals surface area contributed by atoms with Gasteiger partial charge in [-0.2, -0.15) is 4.68 Å². The first-order chi connectivity index (χ1) is 13.1. The molecule has 1 atom stereocenters. The third kappa shape index (κ3) is 3.29. The molecule has 0 aliphatic rings. The van der Waals surface area contributed by atoms with E-state index in [0.29, 0.717) is 16.7 Å². The summed E-state index contributed by atoms with van der Waals surface area (Å²) in [5.74, 6) is -0.134. The first-order valence-electron chi connectivity index (χ1n) is 8.77. The molecule has 6 heteroatoms. The number of hydrogen-bond donors (Lipinski definition) is 1. The SMILES string of the molecule is Cc1ccc(C(=O)N[C@H](C)c2ccccc2)cc1-n1nnc2cccnc21. The van der Waals surface area contributed by atoms with Crippen molar-refractivity contribution in [3.05, 3.63) is 83.6 Å². The van der Waals surface area contributed by atoms with Crippen LogP contribution in [0.15, 0.2) is 66.9 Å². The number of nitrogens with zero attached hydrogens (tertiary/aromatic N) is 4. The molecular formula is C21H19N5O. The first kappa shape index (κ1) is 16.9. The topological polar surface area (TPSA) is 72.7 Å². The van der Waals surface area contributed by atoms with E-state index in [0.717, 1.165) is 16.8 Å². The lowest BCUT2D eigenvalue weighted by atomic mass is 10.1. The molecule has 27 heavy (non-hydrogen) atoms. The van der Waals surface area contributed by atoms with Crippen LogP contribution in [0.1, 0.15) is 34.5 Å². The van der Waals surface area contributed by atoms with Crippen LogP contribution in [0.2, 0.25) is 0 Å². The van der Waals surface area contributed by atoms with Gasteiger partial charge in [0.2, 0.25) is 0 Å². The molecular weight excluding hydrogens is 338 g/mol. The molecule has 1 N–H and O–H groups in total. The lowest BCUT2D eigenvalue weighted by Crippen LogP contribution is -2.26. The fourth-order valence-corrected chi connectivity index (χ4v) is 3.01. The normalized spacial score (nSPS) is 12.1. The maximum atomic E-state index is 12.8. The molecule has 4 rings (SSSR count). The van der Waals surface area contributed by atoms with E-state index in [-0.39, 0.29) is 11.9 Å². The number of nitrogens with one attached hydrogen (secondary N) is 1. The van der Waals surface area contributed by atoms with Gasteiger partial charge in [0.05, 0.1) is 11.7 Å². The molecule has 0 radical (unpaired) electrons. The van der Waals surface area contributed by atoms with E-state index in [2.05, 4.69) is 20.6 Å². The Morgan fingerprint density at radius 3 is 2.70 bits per heavy atom. The van der Waals surface area contributed by atoms with Crippen molar-refractivity contribution in [2.24, 2.45) is 0 Å². The maximum absolute atomic E-state index is 12.8. The first-order valence-corrected chi connectivity index (χ1v) is 8.77. The third-order valence-corrected chi connectivity index (χ3v) is 4.56. The fraction of sp³-hybridized carbons (Fsp3) is 0.143. The van der Waals surface area contributed by atoms with Gasteiger partial charge in [-0.15, -0.1) is 5.10 Å². The summed E-state index contributed by atoms with van der Waals surface area (Å²) < 4.78 is 1.67. The minimum Gasteiger partial charge on any atom is -0.346 e. The van der Waals surface area contributed by atoms with Crippen LogP contribution in [0, 0.1) is 6.92 Å². The van der Waals surface area contributed by atoms with Gasteiger partial charge >= 0.3 is 0 Å². The zero-order chi connectivity index (χ0) is 18.8. The molecule has 0 spiro atoms. The van der Waals surface area contributed by atoms with Crippen molar-refractivity contribution in [1.82, 2.24) is 25.3 Å². The van der Waals surface area contributed by atoms with Gasteiger partial charge in [0.25, 0.3) is 5.91 Å². The van der Waals surface area contributed by atoms with Crippen LogP contribution >= 0.6 is 0 Å². The Labute approximate surface area is 156 Å². The molecule has 0 saturated carbocycles. The summed E-state index contributed by atoms with van der Waals surface area (Å²) in [5, 5.41) is 11.4. The van der Waals surface area contributed by atoms with Crippen molar-refractivity contribution >= 4 is 17.1 Å². The lowest BCUT2D eigenvalue weighted by Gasteiger charge is -2.15. The molecule has 0 unspecified atom stereocenters. The number of amides is 1. The number of carbonyl (C=O) groups is 1. The summed E-state index contributed by atoms with van der Waals surface area (Å²) in [6.07, 6.45) is 1.70. The number of fused-ring (bicyclic) bond motifs is 1. The molecule has 0 fully saturated rings. The quantitative estimate of drug-likeness (QED) is 0.605. The van der Waals surface area contributed by atoms with Crippen LogP contribution in [-0.2, 0) is 0 Å². The van der Waals surface area contributed by atoms with Crippen LogP contribution in [0.4, 0.5) is 0 Å². The predicted octanol–water partition coefficient (Wildman–Crippen LogP) is 3.61. The van der Waals surface area contributed by atoms with Crippen molar-refractivity contribution in [3.8, 4) is 5.69 Å². The number of rotatable bonds is 4. The highest BCUT2D eigenvalue weighted by atomic mass is 16.1. The second-order valence-electron chi connectivity index (χ2n) is 6.45. The zero-order valence-corrected chi connectivity index (χ0v) is 15.1. The highest BCUT2D eigenvalue weighted by Gasteiger charge is 2.15. The van der Waals surface area contributed by atoms with Crippen LogP contribution in [-0.4, -0.2) is 25.9 Å². The number of benzene rings is 2. The van der Waals surface area contributed by atoms with E-state index in [1.807, 2.05) is 74.5 Å². The summed E-state index contributed by atoms with van der Waals surface area (Å²) >= 11 is 0. The number of aromatic nitrogens is 4. The number of carbonyl (C=O) groups excluding carboxylic acids is 1. The molecule has 0 aliphatic carbocycles. The highest BCUT2D eigenvalue weighted by Crippen LogP contribution is 2.20. The Balaban J connectivity index is 1.65. The molecule has 2 aromatic heterocycles. The average molecular weight is 357 g/mol. The smallest absolute Gasteiger partial charge is 0.251 e. The average Bonchev–Trinajstić information content (AvgIpc) is 3.13. The van der Waals surface area contributed by atoms with Gasteiger partial charge in [0, 0.05) is 11.8 Å². The van der Waals surface area contributed by atoms with E-state index in [9.17, 15) is 4.79 Å². The van der Waals surface area contributed by atoms with E-state index in [1.165, 1.54) is 0 Å². The van der Waals surface area contributed by atoms with Crippen LogP contribution in [0.5, 0.6) is 0 Å². The Morgan fingerprint density at radius 2 is 1.89 bits per heavy atom. The predicted molar refractivity (Wildman–Crippen MR) is 104 cm³/mol. The Kier molecular flexibility index (Phi) is 4.38. The molecule has 0 aliphatic heterocycles. The molecule has 4 aromatic rings. The zero-order valence-electron chi connectivity index (χ0n) is 15.1. The van der Waals surface area contributed by atoms with Gasteiger partial charge in [-0.3, -0.25) is 4.79 Å². The second kappa shape index (κ2) is 6.99. The van der Waals surface area contributed by atoms with Crippen molar-refractivity contribution in [1.29, 1.82) is 0 Å². The molecule has 1 amide bonds. The van der Waals surface area contributed by atoms with Crippen LogP contribution < -0.4 is 5.32 Å². The molecule has 2 heterocycles. The lowest BCUT2D eigenvalue weighted by molar-refractivity contribution is 0.0940. The fourth-order valence-electron chi connectivity index (χ4n) is 3.01. The second-order valence-corrected chi connectivity index (χ2v) is 6.45. The van der Waals surface area contributed by atoms with Gasteiger partial charge < -0.3 is 5.32 Å². The van der Waals surface area contributed by atoms with Crippen molar-refractivity contribution < 1.29 is 4.79 Å². The Bertz CT molecular complexity index is 1100. The van der Waals surface area contributed by atoms with Gasteiger partial charge in [0.15, 0.2) is 5.65 Å². The van der Waals surface area contributed by atoms with Crippen LogP contribution in [0.25, 0.3) is 16.9 Å². The van der Waals surface area contributed by atoms with Gasteiger partial charge in [-0.1, -0.05) is 41.6 Å². The standard InChI is InChI=1S/C21H19N5O/c1-14-10-11-17(21(27)23-15(2)16-7-4-3-5-8-16)13-19(14)26-20-18(24-25-26)9-6-12-22-20/h3-13,15H,1-2H3,(H,23,27)/t15-/m1/s1. The Morgan fingerprint density at radius 1 is 1.07 bits per heavy atom. The summed E-state index contributed by atoms with van der Waals surface area (Å²) in [6.45, 7) is 3.94. The van der Waals surface area contributed by atoms with E-state index in [4.69, 9.17) is 0 Å². The van der Waals surface area contributed by atoms with Gasteiger partial charge in [-0.05, 0) is 49.2 Å². The van der Waals surface area contributed by atoms with Crippen molar-refractivity contribution in [3.63, 3.8) is 0 Å². The maximum Gasteiger partial charge on any atom is 0.251 e. The third-order valence-electron chi connectivity index (χ3n) is 4.56. The van der Waals surface area contributed by atoms with Crippen molar-refractivity contribution in [2.75, 3.05) is 0 Å². The highest BCUT2D eigenvalue weighted by molar-refractivity contribution is 5.95. The Hall–Kier alpha value is -3.54. The van der Waals surface area contributed by atoms with E-state index < -0.39 is 0 Å². The molecule has 6 nitrogen and oxygen atoms in total. The minimum absolute atomic E-state index is 0.0858. The summed E-state index contributed by atoms with van der Waals surface area (Å²) in [4.78, 5) is 17.1. The number of pyridine rings is 1. The monoisotopic (exact) mass is 357 g/mol. The number of aryl methyl sites for hydroxylation is 1. The van der Waals surface area contributed by atoms with Crippen molar-refractivity contribution in [2.45, 2.75) is 19.9 Å². The summed E-state index contributed by atoms with van der Waals surface area (Å²) in [7, 11) is 0. The molecule has 2 aromatic carbocycles. The van der Waals surface area contributed by atoms with Gasteiger partial charge in [-0.25, -0.2) is 4.98 Å². The number of hydrogen-bond acceptors (Lipinski definition) is 4. The van der Waals surface area contributed by atoms with E-state index >= 15 is 0 Å². The molecule has 134 valence electrons. The van der Waals surface area contributed by atoms with Gasteiger partial charge in [0.1, 0.15) is 5.52 Å². The summed E-state index contributed by atoms with van der Waals surface area (Å²) in [5.41, 5.74) is 4.78. The van der Waals surface area contributed by atoms with Crippen LogP contribution in [0.3, 0.4) is 0 Å². The molecule has 0 saturated heterocycles. The molecule has 0 bridgehead atoms. The minimum atomic E-state index is -0.134. The summed E-state index contributed by atoms with van der Waals surface area (Å²) in [6, 6.07) is 19.0. The van der Waals surface area contributed by atoms with E-state index in [1.54, 1.807) is 10.9 Å².